The molecule has 0 bridgehead atoms. The zero-order valence-electron chi connectivity index (χ0n) is 34.0. The average molecular weight is 856 g/mol. The number of nitrogens with zero attached hydrogens (tertiary/aromatic N) is 5. The molecule has 1 unspecified atom stereocenters. The third kappa shape index (κ3) is 21.5. The van der Waals surface area contributed by atoms with Gasteiger partial charge in [-0.25, -0.2) is 9.78 Å². The molecule has 322 valence electrons. The highest BCUT2D eigenvalue weighted by Gasteiger charge is 2.25. The fraction of sp³-hybridized carbons (Fsp3) is 0.615. The summed E-state index contributed by atoms with van der Waals surface area (Å²) in [4.78, 5) is 59.3. The summed E-state index contributed by atoms with van der Waals surface area (Å²) >= 11 is 13.1. The van der Waals surface area contributed by atoms with Crippen LogP contribution in [-0.4, -0.2) is 121 Å². The molecule has 2 aromatic rings. The Hall–Kier alpha value is -4.22. The second-order valence-electron chi connectivity index (χ2n) is 13.8. The lowest BCUT2D eigenvalue weighted by Crippen LogP contribution is -2.38. The normalized spacial score (nSPS) is 11.6. The number of ether oxygens (including phenoxy) is 7. The van der Waals surface area contributed by atoms with E-state index in [1.54, 1.807) is 45.2 Å². The zero-order chi connectivity index (χ0) is 42.8. The molecule has 0 saturated heterocycles. The summed E-state index contributed by atoms with van der Waals surface area (Å²) in [6.45, 7) is 10.6. The minimum atomic E-state index is -0.695. The smallest absolute Gasteiger partial charge is 0.416 e. The van der Waals surface area contributed by atoms with Gasteiger partial charge in [0.1, 0.15) is 18.0 Å². The first-order valence-electron chi connectivity index (χ1n) is 19.0. The molecule has 1 aromatic carbocycles. The van der Waals surface area contributed by atoms with Gasteiger partial charge in [0.15, 0.2) is 11.5 Å². The van der Waals surface area contributed by atoms with Gasteiger partial charge in [-0.3, -0.25) is 19.3 Å². The quantitative estimate of drug-likeness (QED) is 0.0295. The summed E-state index contributed by atoms with van der Waals surface area (Å²) < 4.78 is 37.8. The molecular formula is C39H56Cl2N6O11. The number of pyridine rings is 1. The molecule has 0 saturated carbocycles. The predicted molar refractivity (Wildman–Crippen MR) is 218 cm³/mol. The van der Waals surface area contributed by atoms with Crippen LogP contribution in [0.25, 0.3) is 10.4 Å². The highest BCUT2D eigenvalue weighted by Crippen LogP contribution is 2.38. The number of azide groups is 1. The molecule has 0 aliphatic rings. The van der Waals surface area contributed by atoms with E-state index in [4.69, 9.17) is 61.9 Å². The van der Waals surface area contributed by atoms with Gasteiger partial charge >= 0.3 is 12.1 Å². The summed E-state index contributed by atoms with van der Waals surface area (Å²) in [5, 5.41) is 6.39. The number of methoxy groups -OCH3 is 1. The number of Topliss-reactive ketones (excluding diaryl/α,β-unsaturated/α-hetero) is 1. The van der Waals surface area contributed by atoms with Crippen LogP contribution in [0.4, 0.5) is 10.6 Å². The van der Waals surface area contributed by atoms with Crippen LogP contribution in [0.2, 0.25) is 10.0 Å². The van der Waals surface area contributed by atoms with Crippen LogP contribution >= 0.6 is 23.2 Å². The number of nitrogens with one attached hydrogen (secondary N) is 1. The van der Waals surface area contributed by atoms with Crippen molar-refractivity contribution < 1.29 is 52.3 Å². The highest BCUT2D eigenvalue weighted by molar-refractivity contribution is 6.37. The van der Waals surface area contributed by atoms with Crippen LogP contribution in [0.5, 0.6) is 5.75 Å². The lowest BCUT2D eigenvalue weighted by molar-refractivity contribution is -0.141. The van der Waals surface area contributed by atoms with Crippen LogP contribution in [0.3, 0.4) is 0 Å². The molecule has 0 fully saturated rings. The number of hydrogen-bond acceptors (Lipinski definition) is 13. The molecule has 2 amide bonds. The van der Waals surface area contributed by atoms with E-state index >= 15 is 0 Å². The SMILES string of the molecule is COC(=O)CC(CC(=O)CNC(=O)CCCCN(C(=O)OC(C)(C)C)c1cc(C)ccn1)c1cc(Cl)c(OCCOCCOCCOCCOCCN=[N+]=[N-])c(Cl)c1. The Balaban J connectivity index is 1.78. The Bertz CT molecular complexity index is 1620. The van der Waals surface area contributed by atoms with E-state index < -0.39 is 23.6 Å². The van der Waals surface area contributed by atoms with E-state index in [1.165, 1.54) is 12.0 Å². The number of carbonyl (C=O) groups is 4. The molecule has 2 rings (SSSR count). The fourth-order valence-corrected chi connectivity index (χ4v) is 5.75. The van der Waals surface area contributed by atoms with Crippen molar-refractivity contribution >= 4 is 52.8 Å². The lowest BCUT2D eigenvalue weighted by atomic mass is 9.90. The second kappa shape index (κ2) is 28.2. The first-order valence-corrected chi connectivity index (χ1v) is 19.7. The number of benzene rings is 1. The number of aromatic nitrogens is 1. The van der Waals surface area contributed by atoms with Gasteiger partial charge in [-0.05, 0) is 81.5 Å². The highest BCUT2D eigenvalue weighted by atomic mass is 35.5. The number of rotatable bonds is 29. The van der Waals surface area contributed by atoms with Crippen LogP contribution in [-0.2, 0) is 42.8 Å². The number of halogens is 2. The summed E-state index contributed by atoms with van der Waals surface area (Å²) in [5.41, 5.74) is 8.97. The Morgan fingerprint density at radius 3 is 2.07 bits per heavy atom. The average Bonchev–Trinajstić information content (AvgIpc) is 3.16. The second-order valence-corrected chi connectivity index (χ2v) is 14.7. The number of ketones is 1. The minimum absolute atomic E-state index is 0.0901. The van der Waals surface area contributed by atoms with Crippen molar-refractivity contribution in [2.24, 2.45) is 5.11 Å². The Kier molecular flexibility index (Phi) is 24.3. The summed E-state index contributed by atoms with van der Waals surface area (Å²) in [7, 11) is 1.25. The van der Waals surface area contributed by atoms with Crippen molar-refractivity contribution in [2.45, 2.75) is 71.3 Å². The topological polar surface area (TPSA) is 210 Å². The molecule has 1 atom stereocenters. The van der Waals surface area contributed by atoms with Crippen molar-refractivity contribution in [3.63, 3.8) is 0 Å². The van der Waals surface area contributed by atoms with Crippen molar-refractivity contribution in [3.8, 4) is 5.75 Å². The minimum Gasteiger partial charge on any atom is -0.488 e. The molecule has 1 aromatic heterocycles. The molecule has 17 nitrogen and oxygen atoms in total. The number of anilines is 1. The van der Waals surface area contributed by atoms with Crippen LogP contribution in [0.1, 0.15) is 69.9 Å². The van der Waals surface area contributed by atoms with Gasteiger partial charge in [-0.1, -0.05) is 28.3 Å². The largest absolute Gasteiger partial charge is 0.488 e. The Morgan fingerprint density at radius 1 is 0.897 bits per heavy atom. The van der Waals surface area contributed by atoms with Crippen LogP contribution < -0.4 is 15.0 Å². The van der Waals surface area contributed by atoms with Crippen molar-refractivity contribution in [3.05, 3.63) is 62.1 Å². The first-order chi connectivity index (χ1) is 27.7. The van der Waals surface area contributed by atoms with Gasteiger partial charge in [0.2, 0.25) is 5.91 Å². The monoisotopic (exact) mass is 854 g/mol. The molecule has 19 heteroatoms. The number of hydrogen-bond donors (Lipinski definition) is 1. The predicted octanol–water partition coefficient (Wildman–Crippen LogP) is 6.79. The van der Waals surface area contributed by atoms with Gasteiger partial charge in [0.25, 0.3) is 0 Å². The van der Waals surface area contributed by atoms with E-state index in [-0.39, 0.29) is 79.6 Å². The lowest BCUT2D eigenvalue weighted by Gasteiger charge is -2.27. The summed E-state index contributed by atoms with van der Waals surface area (Å²) in [5.74, 6) is -1.12. The Labute approximate surface area is 349 Å². The van der Waals surface area contributed by atoms with Crippen molar-refractivity contribution in [1.82, 2.24) is 10.3 Å². The van der Waals surface area contributed by atoms with Crippen LogP contribution in [0, 0.1) is 6.92 Å². The number of aryl methyl sites for hydroxylation is 1. The van der Waals surface area contributed by atoms with E-state index in [1.807, 2.05) is 13.0 Å². The van der Waals surface area contributed by atoms with Gasteiger partial charge in [-0.2, -0.15) is 0 Å². The molecule has 1 N–H and O–H groups in total. The van der Waals surface area contributed by atoms with Crippen molar-refractivity contribution in [1.29, 1.82) is 0 Å². The third-order valence-electron chi connectivity index (χ3n) is 7.91. The van der Waals surface area contributed by atoms with E-state index in [0.717, 1.165) is 5.56 Å². The van der Waals surface area contributed by atoms with Gasteiger partial charge in [-0.15, -0.1) is 0 Å². The first kappa shape index (κ1) is 49.9. The zero-order valence-corrected chi connectivity index (χ0v) is 35.5. The molecule has 58 heavy (non-hydrogen) atoms. The number of carbonyl (C=O) groups excluding carboxylic acids is 4. The fourth-order valence-electron chi connectivity index (χ4n) is 5.13. The maximum atomic E-state index is 13.0. The molecule has 1 heterocycles. The van der Waals surface area contributed by atoms with E-state index in [2.05, 4.69) is 20.3 Å². The maximum Gasteiger partial charge on any atom is 0.416 e. The summed E-state index contributed by atoms with van der Waals surface area (Å²) in [6, 6.07) is 6.79. The standard InChI is InChI=1S/C39H56Cl2N6O11/c1-28-9-10-43-34(22-28)47(38(51)58-39(2,3)4)12-7-6-8-35(49)44-27-31(48)23-29(26-36(50)52-5)30-24-32(40)37(33(41)25-30)57-21-20-56-19-18-55-17-16-54-15-14-53-13-11-45-46-42/h9-10,22,24-25,29H,6-8,11-21,23,26-27H2,1-5H3,(H,44,49). The van der Waals surface area contributed by atoms with Gasteiger partial charge in [0.05, 0.1) is 83.0 Å². The molecule has 0 aliphatic carbocycles. The number of amides is 2. The van der Waals surface area contributed by atoms with Crippen LogP contribution in [0.15, 0.2) is 35.6 Å². The molecule has 0 aliphatic heterocycles. The van der Waals surface area contributed by atoms with E-state index in [0.29, 0.717) is 70.5 Å². The molecular weight excluding hydrogens is 799 g/mol. The maximum absolute atomic E-state index is 13.0. The third-order valence-corrected chi connectivity index (χ3v) is 8.47. The summed E-state index contributed by atoms with van der Waals surface area (Å²) in [6.07, 6.45) is 1.93. The van der Waals surface area contributed by atoms with E-state index in [9.17, 15) is 19.2 Å². The Morgan fingerprint density at radius 2 is 1.50 bits per heavy atom. The number of esters is 1. The molecule has 0 spiro atoms. The van der Waals surface area contributed by atoms with Crippen molar-refractivity contribution in [2.75, 3.05) is 91.1 Å². The number of unbranched alkanes of at least 4 members (excludes halogenated alkanes) is 1. The van der Waals surface area contributed by atoms with Gasteiger partial charge in [0, 0.05) is 43.0 Å². The van der Waals surface area contributed by atoms with Gasteiger partial charge < -0.3 is 38.5 Å². The molecule has 0 radical (unpaired) electrons.